The SMILES string of the molecule is CC[C@@H](Oc1ccc(OC)cc1)C(=O)Nc1cc([N+](=O)[O-])ccc1OC. The summed E-state index contributed by atoms with van der Waals surface area (Å²) in [7, 11) is 2.98. The average molecular weight is 360 g/mol. The summed E-state index contributed by atoms with van der Waals surface area (Å²) >= 11 is 0. The molecule has 1 atom stereocenters. The molecule has 8 heteroatoms. The fourth-order valence-corrected chi connectivity index (χ4v) is 2.26. The lowest BCUT2D eigenvalue weighted by Gasteiger charge is -2.18. The van der Waals surface area contributed by atoms with Crippen LogP contribution in [0.5, 0.6) is 17.2 Å². The maximum Gasteiger partial charge on any atom is 0.271 e. The number of nitro benzene ring substituents is 1. The van der Waals surface area contributed by atoms with Crippen LogP contribution in [0.2, 0.25) is 0 Å². The highest BCUT2D eigenvalue weighted by Gasteiger charge is 2.21. The molecule has 138 valence electrons. The maximum atomic E-state index is 12.5. The first-order valence-corrected chi connectivity index (χ1v) is 7.92. The van der Waals surface area contributed by atoms with Crippen LogP contribution in [0.15, 0.2) is 42.5 Å². The van der Waals surface area contributed by atoms with Crippen LogP contribution >= 0.6 is 0 Å². The van der Waals surface area contributed by atoms with Crippen LogP contribution in [0.3, 0.4) is 0 Å². The number of carbonyl (C=O) groups is 1. The first kappa shape index (κ1) is 19.0. The molecule has 0 saturated carbocycles. The monoisotopic (exact) mass is 360 g/mol. The Kier molecular flexibility index (Phi) is 6.37. The van der Waals surface area contributed by atoms with Gasteiger partial charge in [-0.15, -0.1) is 0 Å². The van der Waals surface area contributed by atoms with Gasteiger partial charge in [0, 0.05) is 12.1 Å². The van der Waals surface area contributed by atoms with E-state index in [1.165, 1.54) is 25.3 Å². The summed E-state index contributed by atoms with van der Waals surface area (Å²) in [6.07, 6.45) is -0.359. The number of benzene rings is 2. The number of hydrogen-bond acceptors (Lipinski definition) is 6. The van der Waals surface area contributed by atoms with Crippen LogP contribution in [-0.2, 0) is 4.79 Å². The van der Waals surface area contributed by atoms with Crippen molar-refractivity contribution in [3.63, 3.8) is 0 Å². The number of amides is 1. The zero-order chi connectivity index (χ0) is 19.1. The van der Waals surface area contributed by atoms with E-state index in [0.717, 1.165) is 0 Å². The van der Waals surface area contributed by atoms with E-state index in [0.29, 0.717) is 23.7 Å². The van der Waals surface area contributed by atoms with E-state index in [1.54, 1.807) is 38.3 Å². The smallest absolute Gasteiger partial charge is 0.271 e. The van der Waals surface area contributed by atoms with Crippen molar-refractivity contribution in [3.05, 3.63) is 52.6 Å². The average Bonchev–Trinajstić information content (AvgIpc) is 2.66. The van der Waals surface area contributed by atoms with Crippen molar-refractivity contribution in [3.8, 4) is 17.2 Å². The van der Waals surface area contributed by atoms with E-state index in [2.05, 4.69) is 5.32 Å². The Bertz CT molecular complexity index is 776. The van der Waals surface area contributed by atoms with E-state index in [9.17, 15) is 14.9 Å². The molecule has 26 heavy (non-hydrogen) atoms. The molecule has 0 aliphatic rings. The second-order valence-electron chi connectivity index (χ2n) is 5.32. The second kappa shape index (κ2) is 8.70. The molecule has 2 rings (SSSR count). The molecule has 1 amide bonds. The molecule has 2 aromatic carbocycles. The fraction of sp³-hybridized carbons (Fsp3) is 0.278. The van der Waals surface area contributed by atoms with Gasteiger partial charge in [0.15, 0.2) is 6.10 Å². The number of nitrogens with one attached hydrogen (secondary N) is 1. The van der Waals surface area contributed by atoms with E-state index in [-0.39, 0.29) is 11.4 Å². The summed E-state index contributed by atoms with van der Waals surface area (Å²) in [5.74, 6) is 1.08. The van der Waals surface area contributed by atoms with Gasteiger partial charge in [-0.05, 0) is 36.8 Å². The Morgan fingerprint density at radius 2 is 1.77 bits per heavy atom. The van der Waals surface area contributed by atoms with Crippen LogP contribution in [-0.4, -0.2) is 31.2 Å². The number of rotatable bonds is 8. The van der Waals surface area contributed by atoms with Crippen LogP contribution in [0.4, 0.5) is 11.4 Å². The lowest BCUT2D eigenvalue weighted by atomic mass is 10.2. The third-order valence-electron chi connectivity index (χ3n) is 3.65. The summed E-state index contributed by atoms with van der Waals surface area (Å²) in [6, 6.07) is 10.8. The number of ether oxygens (including phenoxy) is 3. The van der Waals surface area contributed by atoms with Crippen molar-refractivity contribution in [2.45, 2.75) is 19.4 Å². The zero-order valence-corrected chi connectivity index (χ0v) is 14.7. The molecular formula is C18H20N2O6. The summed E-state index contributed by atoms with van der Waals surface area (Å²) in [5.41, 5.74) is 0.0636. The van der Waals surface area contributed by atoms with Crippen molar-refractivity contribution < 1.29 is 23.9 Å². The molecule has 0 unspecified atom stereocenters. The van der Waals surface area contributed by atoms with Crippen LogP contribution in [0, 0.1) is 10.1 Å². The van der Waals surface area contributed by atoms with Gasteiger partial charge in [0.2, 0.25) is 0 Å². The standard InChI is InChI=1S/C18H20N2O6/c1-4-16(26-14-8-6-13(24-2)7-9-14)18(21)19-15-11-12(20(22)23)5-10-17(15)25-3/h5-11,16H,4H2,1-3H3,(H,19,21)/t16-/m1/s1. The lowest BCUT2D eigenvalue weighted by molar-refractivity contribution is -0.384. The molecule has 2 aromatic rings. The zero-order valence-electron chi connectivity index (χ0n) is 14.7. The minimum Gasteiger partial charge on any atom is -0.497 e. The number of non-ortho nitro benzene ring substituents is 1. The number of nitrogens with zero attached hydrogens (tertiary/aromatic N) is 1. The van der Waals surface area contributed by atoms with E-state index >= 15 is 0 Å². The molecular weight excluding hydrogens is 340 g/mol. The summed E-state index contributed by atoms with van der Waals surface area (Å²) in [6.45, 7) is 1.80. The van der Waals surface area contributed by atoms with Gasteiger partial charge in [0.05, 0.1) is 24.8 Å². The molecule has 0 aliphatic carbocycles. The highest BCUT2D eigenvalue weighted by Crippen LogP contribution is 2.29. The number of carbonyl (C=O) groups excluding carboxylic acids is 1. The summed E-state index contributed by atoms with van der Waals surface area (Å²) in [5, 5.41) is 13.6. The van der Waals surface area contributed by atoms with Crippen molar-refractivity contribution in [2.75, 3.05) is 19.5 Å². The molecule has 0 fully saturated rings. The van der Waals surface area contributed by atoms with Crippen molar-refractivity contribution >= 4 is 17.3 Å². The predicted molar refractivity (Wildman–Crippen MR) is 96.0 cm³/mol. The number of methoxy groups -OCH3 is 2. The van der Waals surface area contributed by atoms with E-state index < -0.39 is 16.9 Å². The normalized spacial score (nSPS) is 11.3. The Balaban J connectivity index is 2.15. The highest BCUT2D eigenvalue weighted by molar-refractivity contribution is 5.96. The number of anilines is 1. The molecule has 0 heterocycles. The minimum atomic E-state index is -0.771. The van der Waals surface area contributed by atoms with Gasteiger partial charge in [0.1, 0.15) is 17.2 Å². The van der Waals surface area contributed by atoms with Gasteiger partial charge in [0.25, 0.3) is 11.6 Å². The van der Waals surface area contributed by atoms with Gasteiger partial charge in [-0.3, -0.25) is 14.9 Å². The van der Waals surface area contributed by atoms with Crippen molar-refractivity contribution in [1.82, 2.24) is 0 Å². The molecule has 0 saturated heterocycles. The maximum absolute atomic E-state index is 12.5. The second-order valence-corrected chi connectivity index (χ2v) is 5.32. The van der Waals surface area contributed by atoms with E-state index in [1.807, 2.05) is 0 Å². The Morgan fingerprint density at radius 3 is 2.31 bits per heavy atom. The van der Waals surface area contributed by atoms with Gasteiger partial charge >= 0.3 is 0 Å². The molecule has 0 aromatic heterocycles. The van der Waals surface area contributed by atoms with Gasteiger partial charge in [-0.1, -0.05) is 6.92 Å². The minimum absolute atomic E-state index is 0.148. The van der Waals surface area contributed by atoms with Crippen molar-refractivity contribution in [1.29, 1.82) is 0 Å². The fourth-order valence-electron chi connectivity index (χ4n) is 2.26. The third-order valence-corrected chi connectivity index (χ3v) is 3.65. The number of hydrogen-bond donors (Lipinski definition) is 1. The molecule has 0 bridgehead atoms. The first-order chi connectivity index (χ1) is 12.5. The molecule has 8 nitrogen and oxygen atoms in total. The highest BCUT2D eigenvalue weighted by atomic mass is 16.6. The van der Waals surface area contributed by atoms with Crippen LogP contribution in [0.25, 0.3) is 0 Å². The van der Waals surface area contributed by atoms with Crippen molar-refractivity contribution in [2.24, 2.45) is 0 Å². The molecule has 1 N–H and O–H groups in total. The molecule has 0 radical (unpaired) electrons. The van der Waals surface area contributed by atoms with Crippen LogP contribution in [0.1, 0.15) is 13.3 Å². The molecule has 0 spiro atoms. The Hall–Kier alpha value is -3.29. The van der Waals surface area contributed by atoms with Gasteiger partial charge in [-0.25, -0.2) is 0 Å². The largest absolute Gasteiger partial charge is 0.497 e. The molecule has 0 aliphatic heterocycles. The first-order valence-electron chi connectivity index (χ1n) is 7.92. The third kappa shape index (κ3) is 4.62. The topological polar surface area (TPSA) is 99.9 Å². The predicted octanol–water partition coefficient (Wildman–Crippen LogP) is 3.41. The quantitative estimate of drug-likeness (QED) is 0.572. The number of nitro groups is 1. The Morgan fingerprint density at radius 1 is 1.12 bits per heavy atom. The van der Waals surface area contributed by atoms with Crippen LogP contribution < -0.4 is 19.5 Å². The van der Waals surface area contributed by atoms with E-state index in [4.69, 9.17) is 14.2 Å². The summed E-state index contributed by atoms with van der Waals surface area (Å²) < 4.78 is 15.9. The van der Waals surface area contributed by atoms with Gasteiger partial charge < -0.3 is 19.5 Å². The Labute approximate surface area is 150 Å². The van der Waals surface area contributed by atoms with Gasteiger partial charge in [-0.2, -0.15) is 0 Å². The lowest BCUT2D eigenvalue weighted by Crippen LogP contribution is -2.32. The summed E-state index contributed by atoms with van der Waals surface area (Å²) in [4.78, 5) is 22.9.